The lowest BCUT2D eigenvalue weighted by atomic mass is 9.94. The third-order valence-corrected chi connectivity index (χ3v) is 5.34. The van der Waals surface area contributed by atoms with Gasteiger partial charge in [0.2, 0.25) is 0 Å². The third-order valence-electron chi connectivity index (χ3n) is 5.34. The van der Waals surface area contributed by atoms with Crippen molar-refractivity contribution >= 4 is 12.0 Å². The summed E-state index contributed by atoms with van der Waals surface area (Å²) in [6, 6.07) is 0.231. The predicted octanol–water partition coefficient (Wildman–Crippen LogP) is 1.86. The van der Waals surface area contributed by atoms with Gasteiger partial charge in [-0.3, -0.25) is 9.69 Å². The molecule has 0 spiro atoms. The van der Waals surface area contributed by atoms with E-state index in [0.717, 1.165) is 19.0 Å². The fourth-order valence-corrected chi connectivity index (χ4v) is 3.60. The van der Waals surface area contributed by atoms with Crippen LogP contribution >= 0.6 is 0 Å². The molecule has 0 aliphatic carbocycles. The molecule has 2 amide bonds. The molecular weight excluding hydrogens is 294 g/mol. The van der Waals surface area contributed by atoms with E-state index in [1.54, 1.807) is 4.90 Å². The molecule has 0 aromatic rings. The van der Waals surface area contributed by atoms with Crippen LogP contribution in [0.2, 0.25) is 0 Å². The highest BCUT2D eigenvalue weighted by atomic mass is 16.4. The van der Waals surface area contributed by atoms with Gasteiger partial charge in [-0.25, -0.2) is 4.79 Å². The van der Waals surface area contributed by atoms with E-state index >= 15 is 0 Å². The van der Waals surface area contributed by atoms with Crippen LogP contribution in [0.5, 0.6) is 0 Å². The molecule has 0 radical (unpaired) electrons. The first-order valence-corrected chi connectivity index (χ1v) is 8.88. The number of carbonyl (C=O) groups is 2. The Hall–Kier alpha value is -1.30. The van der Waals surface area contributed by atoms with E-state index < -0.39 is 11.9 Å². The molecule has 2 unspecified atom stereocenters. The van der Waals surface area contributed by atoms with Crippen LogP contribution in [-0.4, -0.2) is 65.7 Å². The van der Waals surface area contributed by atoms with Crippen LogP contribution in [0.4, 0.5) is 4.79 Å². The number of nitrogens with one attached hydrogen (secondary N) is 1. The summed E-state index contributed by atoms with van der Waals surface area (Å²) in [6.07, 6.45) is 3.01. The molecule has 2 heterocycles. The summed E-state index contributed by atoms with van der Waals surface area (Å²) in [5, 5.41) is 12.1. The van der Waals surface area contributed by atoms with Gasteiger partial charge in [-0.05, 0) is 44.2 Å². The molecule has 0 bridgehead atoms. The van der Waals surface area contributed by atoms with Gasteiger partial charge in [0.25, 0.3) is 0 Å². The zero-order valence-corrected chi connectivity index (χ0v) is 14.6. The molecule has 2 aliphatic rings. The second kappa shape index (κ2) is 7.99. The minimum atomic E-state index is -0.803. The summed E-state index contributed by atoms with van der Waals surface area (Å²) < 4.78 is 0. The lowest BCUT2D eigenvalue weighted by Gasteiger charge is -2.39. The van der Waals surface area contributed by atoms with Crippen molar-refractivity contribution < 1.29 is 14.7 Å². The quantitative estimate of drug-likeness (QED) is 0.809. The fraction of sp³-hybridized carbons (Fsp3) is 0.882. The number of urea groups is 1. The summed E-state index contributed by atoms with van der Waals surface area (Å²) in [5.41, 5.74) is 0. The van der Waals surface area contributed by atoms with Gasteiger partial charge < -0.3 is 15.3 Å². The van der Waals surface area contributed by atoms with Gasteiger partial charge in [0.15, 0.2) is 0 Å². The Morgan fingerprint density at radius 1 is 1.17 bits per heavy atom. The highest BCUT2D eigenvalue weighted by Gasteiger charge is 2.32. The summed E-state index contributed by atoms with van der Waals surface area (Å²) in [7, 11) is 0. The van der Waals surface area contributed by atoms with Crippen molar-refractivity contribution in [1.82, 2.24) is 15.1 Å². The fourth-order valence-electron chi connectivity index (χ4n) is 3.60. The van der Waals surface area contributed by atoms with Crippen LogP contribution in [0, 0.1) is 17.8 Å². The molecule has 2 N–H and O–H groups in total. The minimum Gasteiger partial charge on any atom is -0.481 e. The van der Waals surface area contributed by atoms with Crippen molar-refractivity contribution in [3.05, 3.63) is 0 Å². The van der Waals surface area contributed by atoms with Gasteiger partial charge >= 0.3 is 12.0 Å². The second-order valence-electron chi connectivity index (χ2n) is 7.49. The summed E-state index contributed by atoms with van der Waals surface area (Å²) in [5.74, 6) is 0.0632. The van der Waals surface area contributed by atoms with Crippen molar-refractivity contribution in [2.24, 2.45) is 17.8 Å². The summed E-state index contributed by atoms with van der Waals surface area (Å²) in [4.78, 5) is 27.4. The Morgan fingerprint density at radius 3 is 2.35 bits per heavy atom. The number of hydrogen-bond acceptors (Lipinski definition) is 3. The molecule has 132 valence electrons. The number of piperidine rings is 1. The normalized spacial score (nSPS) is 24.9. The number of hydrogen-bond donors (Lipinski definition) is 2. The lowest BCUT2D eigenvalue weighted by molar-refractivity contribution is -0.141. The van der Waals surface area contributed by atoms with E-state index in [1.807, 2.05) is 0 Å². The van der Waals surface area contributed by atoms with E-state index in [1.165, 1.54) is 12.8 Å². The Bertz CT molecular complexity index is 419. The van der Waals surface area contributed by atoms with Crippen LogP contribution in [0.3, 0.4) is 0 Å². The number of amides is 2. The standard InChI is InChI=1S/C17H31N3O3/c1-12(2)15(19-7-4-13(3)5-8-19)10-18-17(23)20-9-6-14(11-20)16(21)22/h12-15H,4-11H2,1-3H3,(H,18,23)(H,21,22). The Balaban J connectivity index is 1.82. The third kappa shape index (κ3) is 4.83. The zero-order valence-electron chi connectivity index (χ0n) is 14.6. The largest absolute Gasteiger partial charge is 0.481 e. The van der Waals surface area contributed by atoms with Crippen molar-refractivity contribution in [3.63, 3.8) is 0 Å². The number of aliphatic carboxylic acids is 1. The maximum atomic E-state index is 12.3. The zero-order chi connectivity index (χ0) is 17.0. The second-order valence-corrected chi connectivity index (χ2v) is 7.49. The Morgan fingerprint density at radius 2 is 1.83 bits per heavy atom. The van der Waals surface area contributed by atoms with Crippen LogP contribution in [0.15, 0.2) is 0 Å². The molecule has 2 atom stereocenters. The number of carboxylic acid groups (broad SMARTS) is 1. The molecule has 6 nitrogen and oxygen atoms in total. The van der Waals surface area contributed by atoms with Crippen LogP contribution < -0.4 is 5.32 Å². The maximum absolute atomic E-state index is 12.3. The van der Waals surface area contributed by atoms with Crippen molar-refractivity contribution in [2.75, 3.05) is 32.7 Å². The summed E-state index contributed by atoms with van der Waals surface area (Å²) >= 11 is 0. The van der Waals surface area contributed by atoms with Gasteiger partial charge in [0.05, 0.1) is 5.92 Å². The van der Waals surface area contributed by atoms with Crippen molar-refractivity contribution in [2.45, 2.75) is 46.1 Å². The molecular formula is C17H31N3O3. The molecule has 2 fully saturated rings. The van der Waals surface area contributed by atoms with E-state index in [-0.39, 0.29) is 6.03 Å². The molecule has 0 saturated carbocycles. The topological polar surface area (TPSA) is 72.9 Å². The first-order valence-electron chi connectivity index (χ1n) is 8.88. The van der Waals surface area contributed by atoms with Crippen molar-refractivity contribution in [1.29, 1.82) is 0 Å². The SMILES string of the molecule is CC1CCN(C(CNC(=O)N2CCC(C(=O)O)C2)C(C)C)CC1. The van der Waals surface area contributed by atoms with E-state index in [4.69, 9.17) is 5.11 Å². The molecule has 23 heavy (non-hydrogen) atoms. The van der Waals surface area contributed by atoms with Crippen LogP contribution in [-0.2, 0) is 4.79 Å². The lowest BCUT2D eigenvalue weighted by Crippen LogP contribution is -2.51. The highest BCUT2D eigenvalue weighted by Crippen LogP contribution is 2.21. The maximum Gasteiger partial charge on any atom is 0.317 e. The average Bonchev–Trinajstić information content (AvgIpc) is 2.99. The first-order chi connectivity index (χ1) is 10.9. The molecule has 0 aromatic heterocycles. The van der Waals surface area contributed by atoms with Gasteiger partial charge in [0.1, 0.15) is 0 Å². The Kier molecular flexibility index (Phi) is 6.27. The number of nitrogens with zero attached hydrogens (tertiary/aromatic N) is 2. The molecule has 2 saturated heterocycles. The number of carboxylic acids is 1. The van der Waals surface area contributed by atoms with Crippen molar-refractivity contribution in [3.8, 4) is 0 Å². The number of rotatable bonds is 5. The van der Waals surface area contributed by atoms with Crippen LogP contribution in [0.25, 0.3) is 0 Å². The molecule has 6 heteroatoms. The van der Waals surface area contributed by atoms with Gasteiger partial charge in [-0.15, -0.1) is 0 Å². The van der Waals surface area contributed by atoms with Gasteiger partial charge in [-0.2, -0.15) is 0 Å². The Labute approximate surface area is 139 Å². The average molecular weight is 325 g/mol. The monoisotopic (exact) mass is 325 g/mol. The van der Waals surface area contributed by atoms with E-state index in [2.05, 4.69) is 31.0 Å². The first kappa shape index (κ1) is 18.0. The molecule has 0 aromatic carbocycles. The van der Waals surface area contributed by atoms with Crippen LogP contribution in [0.1, 0.15) is 40.0 Å². The van der Waals surface area contributed by atoms with Gasteiger partial charge in [0, 0.05) is 25.7 Å². The summed E-state index contributed by atoms with van der Waals surface area (Å²) in [6.45, 7) is 10.4. The van der Waals surface area contributed by atoms with Gasteiger partial charge in [-0.1, -0.05) is 20.8 Å². The predicted molar refractivity (Wildman–Crippen MR) is 89.3 cm³/mol. The molecule has 2 aliphatic heterocycles. The highest BCUT2D eigenvalue weighted by molar-refractivity contribution is 5.77. The smallest absolute Gasteiger partial charge is 0.317 e. The van der Waals surface area contributed by atoms with E-state index in [0.29, 0.717) is 38.0 Å². The number of carbonyl (C=O) groups excluding carboxylic acids is 1. The minimum absolute atomic E-state index is 0.121. The molecule has 2 rings (SSSR count). The number of likely N-dealkylation sites (tertiary alicyclic amines) is 2. The van der Waals surface area contributed by atoms with E-state index in [9.17, 15) is 9.59 Å².